The molecule has 29 heavy (non-hydrogen) atoms. The minimum absolute atomic E-state index is 0.115. The van der Waals surface area contributed by atoms with E-state index in [1.165, 1.54) is 43.5 Å². The van der Waals surface area contributed by atoms with Crippen LogP contribution in [0.5, 0.6) is 5.75 Å². The Kier molecular flexibility index (Phi) is 4.93. The molecule has 2 aromatic rings. The first kappa shape index (κ1) is 20.1. The Labute approximate surface area is 161 Å². The van der Waals surface area contributed by atoms with E-state index >= 15 is 0 Å². The molecule has 0 aromatic heterocycles. The summed E-state index contributed by atoms with van der Waals surface area (Å²) >= 11 is 0. The van der Waals surface area contributed by atoms with Crippen LogP contribution in [0.1, 0.15) is 15.9 Å². The monoisotopic (exact) mass is 409 g/mol. The van der Waals surface area contributed by atoms with Gasteiger partial charge in [0, 0.05) is 17.7 Å². The number of alkyl halides is 3. The molecule has 2 N–H and O–H groups in total. The molecule has 0 bridgehead atoms. The number of rotatable bonds is 4. The minimum atomic E-state index is -4.91. The lowest BCUT2D eigenvalue weighted by atomic mass is 10.0. The molecule has 11 heteroatoms. The second kappa shape index (κ2) is 7.09. The predicted octanol–water partition coefficient (Wildman–Crippen LogP) is 2.86. The zero-order chi connectivity index (χ0) is 21.4. The molecule has 1 atom stereocenters. The first-order chi connectivity index (χ1) is 13.6. The number of para-hydroxylation sites is 1. The number of carbonyl (C=O) groups is 1. The van der Waals surface area contributed by atoms with Gasteiger partial charge in [0.2, 0.25) is 5.72 Å². The number of allylic oxidation sites excluding steroid dienone is 1. The van der Waals surface area contributed by atoms with Gasteiger partial charge in [-0.1, -0.05) is 24.3 Å². The van der Waals surface area contributed by atoms with Crippen LogP contribution in [0.3, 0.4) is 0 Å². The predicted molar refractivity (Wildman–Crippen MR) is 93.4 cm³/mol. The SMILES string of the molecule is COc1cccc(C2(O)C=C(C(F)(F)F)NN2C(=O)c2ccccc2[N+](=O)[O-])c1. The topological polar surface area (TPSA) is 105 Å². The number of halogens is 3. The molecular weight excluding hydrogens is 395 g/mol. The summed E-state index contributed by atoms with van der Waals surface area (Å²) in [6.45, 7) is 0. The number of benzene rings is 2. The van der Waals surface area contributed by atoms with Crippen LogP contribution in [-0.4, -0.2) is 34.2 Å². The Morgan fingerprint density at radius 1 is 1.24 bits per heavy atom. The number of ether oxygens (including phenoxy) is 1. The minimum Gasteiger partial charge on any atom is -0.497 e. The molecule has 1 amide bonds. The van der Waals surface area contributed by atoms with Gasteiger partial charge in [-0.3, -0.25) is 20.3 Å². The number of nitrogens with one attached hydrogen (secondary N) is 1. The van der Waals surface area contributed by atoms with Crippen molar-refractivity contribution in [1.29, 1.82) is 0 Å². The summed E-state index contributed by atoms with van der Waals surface area (Å²) in [5.74, 6) is -0.999. The molecule has 3 rings (SSSR count). The van der Waals surface area contributed by atoms with Crippen LogP contribution in [0.25, 0.3) is 0 Å². The van der Waals surface area contributed by atoms with Gasteiger partial charge in [0.05, 0.1) is 12.0 Å². The number of hydrogen-bond acceptors (Lipinski definition) is 6. The number of methoxy groups -OCH3 is 1. The number of hydrazine groups is 1. The average Bonchev–Trinajstić information content (AvgIpc) is 3.06. The molecule has 0 spiro atoms. The standard InChI is InChI=1S/C18H14F3N3O5/c1-29-12-6-4-5-11(9-12)17(26)10-15(18(19,20)21)22-23(17)16(25)13-7-2-3-8-14(13)24(27)28/h2-10,22,26H,1H3. The van der Waals surface area contributed by atoms with Crippen molar-refractivity contribution in [2.24, 2.45) is 0 Å². The van der Waals surface area contributed by atoms with E-state index in [4.69, 9.17) is 4.74 Å². The van der Waals surface area contributed by atoms with Gasteiger partial charge in [0.1, 0.15) is 17.0 Å². The fourth-order valence-electron chi connectivity index (χ4n) is 2.85. The summed E-state index contributed by atoms with van der Waals surface area (Å²) in [6, 6.07) is 10.2. The number of nitro benzene ring substituents is 1. The highest BCUT2D eigenvalue weighted by molar-refractivity contribution is 5.98. The summed E-state index contributed by atoms with van der Waals surface area (Å²) < 4.78 is 44.9. The van der Waals surface area contributed by atoms with Gasteiger partial charge in [0.25, 0.3) is 11.6 Å². The highest BCUT2D eigenvalue weighted by Crippen LogP contribution is 2.39. The summed E-state index contributed by atoms with van der Waals surface area (Å²) in [7, 11) is 1.32. The Balaban J connectivity index is 2.14. The Bertz CT molecular complexity index is 1010. The van der Waals surface area contributed by atoms with Gasteiger partial charge in [-0.2, -0.15) is 13.2 Å². The first-order valence-electron chi connectivity index (χ1n) is 8.09. The van der Waals surface area contributed by atoms with Crippen LogP contribution in [-0.2, 0) is 5.72 Å². The second-order valence-electron chi connectivity index (χ2n) is 6.04. The van der Waals surface area contributed by atoms with Crippen molar-refractivity contribution in [2.45, 2.75) is 11.9 Å². The highest BCUT2D eigenvalue weighted by Gasteiger charge is 2.51. The zero-order valence-electron chi connectivity index (χ0n) is 14.8. The van der Waals surface area contributed by atoms with Gasteiger partial charge in [-0.05, 0) is 18.2 Å². The van der Waals surface area contributed by atoms with Gasteiger partial charge >= 0.3 is 6.18 Å². The maximum atomic E-state index is 13.3. The summed E-state index contributed by atoms with van der Waals surface area (Å²) in [5.41, 5.74) is -3.38. The summed E-state index contributed by atoms with van der Waals surface area (Å²) in [6.07, 6.45) is -4.49. The normalized spacial score (nSPS) is 18.8. The molecule has 0 saturated heterocycles. The number of amides is 1. The van der Waals surface area contributed by atoms with E-state index in [9.17, 15) is 33.2 Å². The smallest absolute Gasteiger partial charge is 0.432 e. The van der Waals surface area contributed by atoms with Crippen LogP contribution >= 0.6 is 0 Å². The van der Waals surface area contributed by atoms with E-state index in [-0.39, 0.29) is 11.3 Å². The first-order valence-corrected chi connectivity index (χ1v) is 8.09. The van der Waals surface area contributed by atoms with E-state index in [0.717, 1.165) is 12.1 Å². The van der Waals surface area contributed by atoms with Crippen molar-refractivity contribution in [1.82, 2.24) is 10.4 Å². The van der Waals surface area contributed by atoms with Gasteiger partial charge in [-0.15, -0.1) is 0 Å². The lowest BCUT2D eigenvalue weighted by molar-refractivity contribution is -0.385. The number of hydrogen-bond donors (Lipinski definition) is 2. The zero-order valence-corrected chi connectivity index (χ0v) is 14.8. The third-order valence-corrected chi connectivity index (χ3v) is 4.25. The van der Waals surface area contributed by atoms with Crippen molar-refractivity contribution < 1.29 is 32.7 Å². The molecule has 1 aliphatic rings. The molecule has 2 aromatic carbocycles. The highest BCUT2D eigenvalue weighted by atomic mass is 19.4. The van der Waals surface area contributed by atoms with E-state index in [1.807, 2.05) is 5.43 Å². The Hall–Kier alpha value is -3.60. The lowest BCUT2D eigenvalue weighted by Crippen LogP contribution is -2.51. The van der Waals surface area contributed by atoms with Crippen molar-refractivity contribution >= 4 is 11.6 Å². The molecule has 0 saturated carbocycles. The second-order valence-corrected chi connectivity index (χ2v) is 6.04. The van der Waals surface area contributed by atoms with Crippen molar-refractivity contribution in [3.05, 3.63) is 81.5 Å². The maximum Gasteiger partial charge on any atom is 0.432 e. The van der Waals surface area contributed by atoms with E-state index < -0.39 is 39.7 Å². The summed E-state index contributed by atoms with van der Waals surface area (Å²) in [5, 5.41) is 22.6. The molecule has 0 radical (unpaired) electrons. The molecule has 1 aliphatic heterocycles. The van der Waals surface area contributed by atoms with Crippen molar-refractivity contribution in [2.75, 3.05) is 7.11 Å². The average molecular weight is 409 g/mol. The fraction of sp³-hybridized carbons (Fsp3) is 0.167. The molecule has 0 aliphatic carbocycles. The molecule has 1 unspecified atom stereocenters. The number of nitro groups is 1. The van der Waals surface area contributed by atoms with Crippen molar-refractivity contribution in [3.63, 3.8) is 0 Å². The number of nitrogens with zero attached hydrogens (tertiary/aromatic N) is 2. The van der Waals surface area contributed by atoms with Gasteiger partial charge in [0.15, 0.2) is 0 Å². The van der Waals surface area contributed by atoms with E-state index in [1.54, 1.807) is 0 Å². The van der Waals surface area contributed by atoms with E-state index in [0.29, 0.717) is 11.1 Å². The third kappa shape index (κ3) is 3.59. The molecule has 152 valence electrons. The maximum absolute atomic E-state index is 13.3. The quantitative estimate of drug-likeness (QED) is 0.594. The van der Waals surface area contributed by atoms with Crippen LogP contribution < -0.4 is 10.2 Å². The fourth-order valence-corrected chi connectivity index (χ4v) is 2.85. The largest absolute Gasteiger partial charge is 0.497 e. The van der Waals surface area contributed by atoms with Crippen LogP contribution in [0, 0.1) is 10.1 Å². The Morgan fingerprint density at radius 2 is 1.93 bits per heavy atom. The number of carbonyl (C=O) groups excluding carboxylic acids is 1. The van der Waals surface area contributed by atoms with Crippen molar-refractivity contribution in [3.8, 4) is 5.75 Å². The molecule has 0 fully saturated rings. The molecule has 8 nitrogen and oxygen atoms in total. The van der Waals surface area contributed by atoms with Crippen LogP contribution in [0.2, 0.25) is 0 Å². The van der Waals surface area contributed by atoms with Crippen LogP contribution in [0.4, 0.5) is 18.9 Å². The third-order valence-electron chi connectivity index (χ3n) is 4.25. The molecular formula is C18H14F3N3O5. The Morgan fingerprint density at radius 3 is 2.55 bits per heavy atom. The molecule has 1 heterocycles. The van der Waals surface area contributed by atoms with Gasteiger partial charge < -0.3 is 9.84 Å². The van der Waals surface area contributed by atoms with Gasteiger partial charge in [-0.25, -0.2) is 5.01 Å². The number of aliphatic hydroxyl groups is 1. The lowest BCUT2D eigenvalue weighted by Gasteiger charge is -2.33. The summed E-state index contributed by atoms with van der Waals surface area (Å²) in [4.78, 5) is 23.3. The van der Waals surface area contributed by atoms with Crippen LogP contribution in [0.15, 0.2) is 60.3 Å². The van der Waals surface area contributed by atoms with E-state index in [2.05, 4.69) is 0 Å².